The number of allylic oxidation sites excluding steroid dienone is 12. The average Bonchev–Trinajstić information content (AvgIpc) is 0.683. The molecule has 20 nitrogen and oxygen atoms in total. The summed E-state index contributed by atoms with van der Waals surface area (Å²) >= 11 is 0. The summed E-state index contributed by atoms with van der Waals surface area (Å²) in [5.41, 5.74) is -0.648. The second-order valence-corrected chi connectivity index (χ2v) is 46.3. The van der Waals surface area contributed by atoms with E-state index in [0.717, 1.165) is 132 Å². The lowest BCUT2D eigenvalue weighted by Gasteiger charge is -2.69. The molecule has 9 saturated carbocycles. The molecule has 648 valence electrons. The molecule has 0 saturated heterocycles. The zero-order chi connectivity index (χ0) is 89.0. The fourth-order valence-corrected chi connectivity index (χ4v) is 30.7. The highest BCUT2D eigenvalue weighted by atomic mass is 16.4. The third kappa shape index (κ3) is 12.6. The number of hydrazine groups is 1. The van der Waals surface area contributed by atoms with E-state index in [1.165, 1.54) is 13.8 Å². The minimum absolute atomic E-state index is 0.00709. The zero-order valence-corrected chi connectivity index (χ0v) is 76.5. The number of carbonyl (C=O) groups excluding carboxylic acids is 9. The molecule has 15 aliphatic carbocycles. The molecule has 1 heterocycles. The molecule has 0 aromatic carbocycles. The number of carboxylic acid groups (broad SMARTS) is 1. The van der Waals surface area contributed by atoms with Gasteiger partial charge in [0, 0.05) is 81.8 Å². The average molecular weight is 1640 g/mol. The Balaban J connectivity index is 0.000000151. The van der Waals surface area contributed by atoms with Crippen LogP contribution in [0.4, 0.5) is 0 Å². The standard InChI is InChI=1S/C34H46N2O4.C33H43N3O3.C31H41NO4.C2H6N2O/c1-20(37)36-19-26(39)31(5)13-12-30(4)14-15-34(8)27(21(30)17-31)23(38)16-25-32(6)18-22(35-9)28(40)29(2,3)24(32)10-11-33(25,34)7;1-19-35-36-27(39-19)30(5)13-12-29(4)14-15-33(8)25(20(29)17-30)22(37)16-24-31(6)18-21(34-9)26(38)28(2,3)23(31)10-11-32(24,33)7;1-26(2)21-9-10-30(6)22(29(21,5)17-19(32-8)24(26)34)15-20(33)23-18-16-28(4,25(35)36)12-11-27(18,3)13-14-31(23,30)7;1-2(5)4-3/h16,18,21,24,27H,10-15,17,19H2,1-8H3,(H,36,37);16,18,20,23,25H,10-15,17H2,1-8H3;15,17-18,21,23H,9-14,16H2,1-7H3,(H,35,36);3H2,1H3,(H,4,5)/t21-,24-,27-,30+,31-,32-,33+,34+;20-,23-,25-,29+,30-,31-,32+,33+;18-,21-,23-,27+,28-,29-,30+,31+;/m000./s1. The number of rotatable bonds is 5. The van der Waals surface area contributed by atoms with E-state index in [1.54, 1.807) is 0 Å². The molecule has 16 rings (SSSR count). The molecule has 5 N–H and O–H groups in total. The number of hydrogen-bond acceptors (Lipinski definition) is 14. The molecule has 20 heteroatoms. The number of fused-ring (bicyclic) bond motifs is 21. The number of nitrogens with one attached hydrogen (secondary N) is 2. The highest BCUT2D eigenvalue weighted by molar-refractivity contribution is 6.05. The molecule has 15 aliphatic rings. The van der Waals surface area contributed by atoms with Crippen molar-refractivity contribution in [3.63, 3.8) is 0 Å². The van der Waals surface area contributed by atoms with Gasteiger partial charge in [0.2, 0.25) is 40.7 Å². The number of hydrogen-bond donors (Lipinski definition) is 4. The van der Waals surface area contributed by atoms with Gasteiger partial charge in [0.15, 0.2) is 40.5 Å². The van der Waals surface area contributed by atoms with Gasteiger partial charge >= 0.3 is 5.97 Å². The SMILES string of the molecule is CC(=O)NN.[C-]#[N+]C1=C[C@]2(C)C3=CC(=O)[C@@H]4[C@@H]5C[C@@](C)(C(=O)CNC(C)=O)CC[C@]5(C)CC[C@@]4(C)[C@]3(C)CC[C@H]2C(C)(C)C1=O.[C-]#[N+]C1=C[C@]2(C)C3=CC(=O)[C@@H]4[C@@H]5C[C@@](C)(C(=O)O)CC[C@]5(C)CC[C@@]4(C)[C@]3(C)CC[C@H]2C(C)(C)C1=O.[C-]#[N+]C1=C[C@]2(C)C3=CC(=O)[C@@H]4[C@@H]5C[C@@](C)(c6nnc(C)o6)CC[C@]5(C)CC[C@@]4(C)[C@]3(C)CC[C@H]2C(C)(C)C1=O. The van der Waals surface area contributed by atoms with Crippen molar-refractivity contribution in [2.24, 2.45) is 151 Å². The first-order chi connectivity index (χ1) is 55.2. The maximum absolute atomic E-state index is 14.5. The van der Waals surface area contributed by atoms with E-state index in [1.807, 2.05) is 104 Å². The van der Waals surface area contributed by atoms with Gasteiger partial charge < -0.3 is 29.2 Å². The molecular formula is C100H136N8O12. The van der Waals surface area contributed by atoms with Crippen LogP contribution in [0.1, 0.15) is 306 Å². The molecular weight excluding hydrogens is 1510 g/mol. The van der Waals surface area contributed by atoms with Gasteiger partial charge in [0.1, 0.15) is 0 Å². The van der Waals surface area contributed by atoms with Crippen LogP contribution in [0.2, 0.25) is 0 Å². The van der Waals surface area contributed by atoms with Crippen molar-refractivity contribution in [3.8, 4) is 0 Å². The minimum Gasteiger partial charge on any atom is -0.481 e. The second-order valence-electron chi connectivity index (χ2n) is 46.3. The lowest BCUT2D eigenvalue weighted by atomic mass is 9.34. The maximum Gasteiger partial charge on any atom is 0.309 e. The van der Waals surface area contributed by atoms with Crippen LogP contribution in [0.3, 0.4) is 0 Å². The van der Waals surface area contributed by atoms with Gasteiger partial charge in [-0.2, -0.15) is 0 Å². The van der Waals surface area contributed by atoms with Crippen molar-refractivity contribution in [3.05, 3.63) is 116 Å². The number of aliphatic carboxylic acids is 1. The predicted octanol–water partition coefficient (Wildman–Crippen LogP) is 19.1. The van der Waals surface area contributed by atoms with Crippen molar-refractivity contribution in [1.29, 1.82) is 0 Å². The normalized spacial score (nSPS) is 45.4. The summed E-state index contributed by atoms with van der Waals surface area (Å²) in [6.45, 7) is 73.4. The van der Waals surface area contributed by atoms with Gasteiger partial charge in [-0.1, -0.05) is 173 Å². The third-order valence-electron chi connectivity index (χ3n) is 39.1. The van der Waals surface area contributed by atoms with Crippen LogP contribution in [0.5, 0.6) is 0 Å². The fourth-order valence-electron chi connectivity index (χ4n) is 30.7. The molecule has 0 aliphatic heterocycles. The first-order valence-electron chi connectivity index (χ1n) is 44.8. The minimum atomic E-state index is -0.793. The second kappa shape index (κ2) is 28.6. The number of amides is 2. The Kier molecular flexibility index (Phi) is 21.4. The summed E-state index contributed by atoms with van der Waals surface area (Å²) in [7, 11) is 0. The fraction of sp³-hybridized carbons (Fsp3) is 0.730. The van der Waals surface area contributed by atoms with Crippen molar-refractivity contribution in [2.45, 2.75) is 306 Å². The summed E-state index contributed by atoms with van der Waals surface area (Å²) in [6, 6.07) is 0. The van der Waals surface area contributed by atoms with Crippen LogP contribution >= 0.6 is 0 Å². The van der Waals surface area contributed by atoms with Crippen molar-refractivity contribution in [1.82, 2.24) is 20.9 Å². The summed E-state index contributed by atoms with van der Waals surface area (Å²) in [4.78, 5) is 141. The van der Waals surface area contributed by atoms with Crippen LogP contribution in [0.25, 0.3) is 14.5 Å². The Morgan fingerprint density at radius 1 is 0.450 bits per heavy atom. The number of Topliss-reactive ketones (excluding diaryl/α,β-unsaturated/α-hetero) is 4. The topological polar surface area (TPSA) is 293 Å². The molecule has 2 amide bonds. The van der Waals surface area contributed by atoms with E-state index in [0.29, 0.717) is 31.0 Å². The number of ketones is 7. The van der Waals surface area contributed by atoms with E-state index in [9.17, 15) is 53.1 Å². The van der Waals surface area contributed by atoms with Crippen molar-refractivity contribution < 1.29 is 57.5 Å². The maximum atomic E-state index is 14.5. The van der Waals surface area contributed by atoms with Crippen molar-refractivity contribution in [2.75, 3.05) is 6.54 Å². The number of nitrogens with two attached hydrogens (primary N) is 1. The monoisotopic (exact) mass is 1640 g/mol. The van der Waals surface area contributed by atoms with Gasteiger partial charge in [-0.15, -0.1) is 10.2 Å². The van der Waals surface area contributed by atoms with Crippen molar-refractivity contribution >= 4 is 58.3 Å². The summed E-state index contributed by atoms with van der Waals surface area (Å²) in [5.74, 6) is 5.08. The van der Waals surface area contributed by atoms with E-state index in [2.05, 4.69) is 126 Å². The summed E-state index contributed by atoms with van der Waals surface area (Å²) < 4.78 is 5.98. The van der Waals surface area contributed by atoms with E-state index < -0.39 is 49.3 Å². The molecule has 0 bridgehead atoms. The zero-order valence-electron chi connectivity index (χ0n) is 76.5. The Morgan fingerprint density at radius 3 is 1.06 bits per heavy atom. The van der Waals surface area contributed by atoms with Gasteiger partial charge in [0.05, 0.1) is 31.7 Å². The van der Waals surface area contributed by atoms with Gasteiger partial charge in [0.25, 0.3) is 0 Å². The Morgan fingerprint density at radius 2 is 0.758 bits per heavy atom. The molecule has 0 unspecified atom stereocenters. The van der Waals surface area contributed by atoms with Gasteiger partial charge in [-0.3, -0.25) is 39.0 Å². The molecule has 0 radical (unpaired) electrons. The Bertz CT molecular complexity index is 4980. The predicted molar refractivity (Wildman–Crippen MR) is 457 cm³/mol. The number of carboxylic acids is 1. The molecule has 0 spiro atoms. The van der Waals surface area contributed by atoms with Crippen LogP contribution in [0.15, 0.2) is 74.7 Å². The first-order valence-corrected chi connectivity index (χ1v) is 44.8. The first kappa shape index (κ1) is 89.9. The quantitative estimate of drug-likeness (QED) is 0.0922. The van der Waals surface area contributed by atoms with Gasteiger partial charge in [-0.05, 0) is 244 Å². The number of aryl methyl sites for hydroxylation is 1. The molecule has 24 atom stereocenters. The number of carbonyl (C=O) groups is 10. The smallest absolute Gasteiger partial charge is 0.309 e. The van der Waals surface area contributed by atoms with Crippen LogP contribution in [-0.4, -0.2) is 80.1 Å². The summed E-state index contributed by atoms with van der Waals surface area (Å²) in [5, 5.41) is 21.3. The van der Waals surface area contributed by atoms with Crippen LogP contribution in [-0.2, 0) is 53.4 Å². The highest BCUT2D eigenvalue weighted by Gasteiger charge is 2.75. The molecule has 1 aromatic rings. The number of nitrogens with zero attached hydrogens (tertiary/aromatic N) is 5. The third-order valence-corrected chi connectivity index (χ3v) is 39.1. The highest BCUT2D eigenvalue weighted by Crippen LogP contribution is 2.79. The lowest BCUT2D eigenvalue weighted by Crippen LogP contribution is -2.64. The van der Waals surface area contributed by atoms with E-state index in [-0.39, 0.29) is 183 Å². The van der Waals surface area contributed by atoms with Crippen LogP contribution < -0.4 is 16.6 Å². The van der Waals surface area contributed by atoms with Crippen LogP contribution in [0, 0.1) is 172 Å². The molecule has 9 fully saturated rings. The molecule has 120 heavy (non-hydrogen) atoms. The Labute approximate surface area is 713 Å². The Hall–Kier alpha value is -7.89. The lowest BCUT2D eigenvalue weighted by molar-refractivity contribution is -0.178. The van der Waals surface area contributed by atoms with Gasteiger partial charge in [-0.25, -0.2) is 20.4 Å². The summed E-state index contributed by atoms with van der Waals surface area (Å²) in [6.07, 6.45) is 30.3. The van der Waals surface area contributed by atoms with E-state index >= 15 is 0 Å². The number of aromatic nitrogens is 2. The largest absolute Gasteiger partial charge is 0.481 e. The van der Waals surface area contributed by atoms with E-state index in [4.69, 9.17) is 24.1 Å². The molecule has 1 aromatic heterocycles.